The molecule has 32 heavy (non-hydrogen) atoms. The van der Waals surface area contributed by atoms with Crippen molar-refractivity contribution in [2.24, 2.45) is 0 Å². The van der Waals surface area contributed by atoms with Gasteiger partial charge >= 0.3 is 0 Å². The Morgan fingerprint density at radius 1 is 0.969 bits per heavy atom. The van der Waals surface area contributed by atoms with Crippen LogP contribution < -0.4 is 10.6 Å². The number of rotatable bonds is 7. The Bertz CT molecular complexity index is 1130. The van der Waals surface area contributed by atoms with Crippen LogP contribution in [0.25, 0.3) is 11.1 Å². The number of nitrogens with zero attached hydrogens (tertiary/aromatic N) is 1. The Labute approximate surface area is 186 Å². The molecule has 4 N–H and O–H groups in total. The lowest BCUT2D eigenvalue weighted by molar-refractivity contribution is -0.125. The Morgan fingerprint density at radius 2 is 1.56 bits per heavy atom. The second-order valence-electron chi connectivity index (χ2n) is 7.30. The highest BCUT2D eigenvalue weighted by atomic mass is 16.3. The predicted molar refractivity (Wildman–Crippen MR) is 119 cm³/mol. The first-order chi connectivity index (χ1) is 15.4. The second kappa shape index (κ2) is 10.2. The van der Waals surface area contributed by atoms with Crippen molar-refractivity contribution >= 4 is 11.8 Å². The average Bonchev–Trinajstić information content (AvgIpc) is 2.81. The van der Waals surface area contributed by atoms with Crippen molar-refractivity contribution in [2.45, 2.75) is 25.6 Å². The number of aliphatic hydroxyl groups is 1. The Kier molecular flexibility index (Phi) is 7.21. The van der Waals surface area contributed by atoms with E-state index in [0.29, 0.717) is 16.7 Å². The van der Waals surface area contributed by atoms with Crippen LogP contribution in [-0.4, -0.2) is 34.2 Å². The number of aromatic hydroxyl groups is 1. The van der Waals surface area contributed by atoms with Gasteiger partial charge in [0.2, 0.25) is 5.91 Å². The monoisotopic (exact) mass is 429 g/mol. The van der Waals surface area contributed by atoms with E-state index in [9.17, 15) is 19.8 Å². The van der Waals surface area contributed by atoms with Gasteiger partial charge in [-0.15, -0.1) is 0 Å². The van der Waals surface area contributed by atoms with Crippen LogP contribution in [0.15, 0.2) is 72.8 Å². The van der Waals surface area contributed by atoms with Gasteiger partial charge in [0.25, 0.3) is 5.91 Å². The van der Waals surface area contributed by atoms with Crippen LogP contribution in [-0.2, 0) is 11.3 Å². The van der Waals surface area contributed by atoms with E-state index in [1.165, 1.54) is 6.92 Å². The first-order valence-electron chi connectivity index (χ1n) is 10.0. The molecular formula is C25H23N3O4. The van der Waals surface area contributed by atoms with E-state index in [1.54, 1.807) is 72.8 Å². The lowest BCUT2D eigenvalue weighted by atomic mass is 10.0. The minimum Gasteiger partial charge on any atom is -0.508 e. The molecule has 0 aliphatic heterocycles. The highest BCUT2D eigenvalue weighted by molar-refractivity contribution is 5.98. The molecule has 3 rings (SSSR count). The van der Waals surface area contributed by atoms with Crippen LogP contribution in [0.4, 0.5) is 0 Å². The molecule has 0 heterocycles. The van der Waals surface area contributed by atoms with E-state index >= 15 is 0 Å². The highest BCUT2D eigenvalue weighted by Gasteiger charge is 2.26. The van der Waals surface area contributed by atoms with Gasteiger partial charge in [-0.3, -0.25) is 9.59 Å². The van der Waals surface area contributed by atoms with Gasteiger partial charge in [-0.05, 0) is 53.9 Å². The Morgan fingerprint density at radius 3 is 2.16 bits per heavy atom. The van der Waals surface area contributed by atoms with E-state index in [2.05, 4.69) is 16.7 Å². The van der Waals surface area contributed by atoms with Crippen molar-refractivity contribution in [3.63, 3.8) is 0 Å². The van der Waals surface area contributed by atoms with Crippen LogP contribution in [0.2, 0.25) is 0 Å². The molecule has 0 aliphatic rings. The molecule has 162 valence electrons. The highest BCUT2D eigenvalue weighted by Crippen LogP contribution is 2.22. The summed E-state index contributed by atoms with van der Waals surface area (Å²) in [7, 11) is 0. The summed E-state index contributed by atoms with van der Waals surface area (Å²) in [6.45, 7) is 1.52. The molecule has 0 saturated heterocycles. The van der Waals surface area contributed by atoms with Gasteiger partial charge in [-0.2, -0.15) is 5.26 Å². The third-order valence-corrected chi connectivity index (χ3v) is 4.99. The summed E-state index contributed by atoms with van der Waals surface area (Å²) < 4.78 is 0. The lowest BCUT2D eigenvalue weighted by Gasteiger charge is -2.21. The molecule has 3 aromatic rings. The standard InChI is InChI=1S/C25H23N3O4/c1-16(29)23(25(32)27-15-21-5-3-2-4-20(21)14-26)28-24(31)19-8-6-17(7-9-19)18-10-12-22(30)13-11-18/h2-13,16,23,29-30H,15H2,1H3,(H,27,32)(H,28,31)/t16-,23+/m1/s1. The van der Waals surface area contributed by atoms with Crippen molar-refractivity contribution in [2.75, 3.05) is 0 Å². The van der Waals surface area contributed by atoms with Gasteiger partial charge in [0.05, 0.1) is 17.7 Å². The van der Waals surface area contributed by atoms with E-state index in [-0.39, 0.29) is 12.3 Å². The number of carbonyl (C=O) groups is 2. The van der Waals surface area contributed by atoms with E-state index < -0.39 is 24.0 Å². The number of amides is 2. The van der Waals surface area contributed by atoms with Gasteiger partial charge in [0.15, 0.2) is 0 Å². The van der Waals surface area contributed by atoms with Crippen LogP contribution >= 0.6 is 0 Å². The quantitative estimate of drug-likeness (QED) is 0.460. The van der Waals surface area contributed by atoms with Crippen molar-refractivity contribution < 1.29 is 19.8 Å². The fourth-order valence-corrected chi connectivity index (χ4v) is 3.17. The van der Waals surface area contributed by atoms with Crippen molar-refractivity contribution in [3.05, 3.63) is 89.5 Å². The van der Waals surface area contributed by atoms with Gasteiger partial charge in [0, 0.05) is 12.1 Å². The summed E-state index contributed by atoms with van der Waals surface area (Å²) in [5, 5.41) is 33.8. The predicted octanol–water partition coefficient (Wildman–Crippen LogP) is 2.73. The van der Waals surface area contributed by atoms with Crippen LogP contribution in [0, 0.1) is 11.3 Å². The summed E-state index contributed by atoms with van der Waals surface area (Å²) in [4.78, 5) is 25.3. The van der Waals surface area contributed by atoms with Gasteiger partial charge in [-0.25, -0.2) is 0 Å². The maximum atomic E-state index is 12.7. The minimum absolute atomic E-state index is 0.100. The number of aliphatic hydroxyl groups excluding tert-OH is 1. The van der Waals surface area contributed by atoms with Gasteiger partial charge in [0.1, 0.15) is 11.8 Å². The number of hydrogen-bond acceptors (Lipinski definition) is 5. The number of phenols is 1. The lowest BCUT2D eigenvalue weighted by Crippen LogP contribution is -2.52. The molecular weight excluding hydrogens is 406 g/mol. The molecule has 3 aromatic carbocycles. The van der Waals surface area contributed by atoms with Gasteiger partial charge in [-0.1, -0.05) is 42.5 Å². The summed E-state index contributed by atoms with van der Waals surface area (Å²) in [5.41, 5.74) is 3.17. The number of carbonyl (C=O) groups excluding carboxylic acids is 2. The molecule has 2 amide bonds. The van der Waals surface area contributed by atoms with Crippen LogP contribution in [0.5, 0.6) is 5.75 Å². The zero-order valence-electron chi connectivity index (χ0n) is 17.4. The van der Waals surface area contributed by atoms with Crippen molar-refractivity contribution in [1.82, 2.24) is 10.6 Å². The maximum Gasteiger partial charge on any atom is 0.252 e. The van der Waals surface area contributed by atoms with Crippen molar-refractivity contribution in [3.8, 4) is 22.9 Å². The minimum atomic E-state index is -1.16. The molecule has 2 atom stereocenters. The molecule has 7 nitrogen and oxygen atoms in total. The molecule has 0 saturated carbocycles. The summed E-state index contributed by atoms with van der Waals surface area (Å²) >= 11 is 0. The fourth-order valence-electron chi connectivity index (χ4n) is 3.17. The van der Waals surface area contributed by atoms with Crippen molar-refractivity contribution in [1.29, 1.82) is 5.26 Å². The Hall–Kier alpha value is -4.15. The fraction of sp³-hybridized carbons (Fsp3) is 0.160. The topological polar surface area (TPSA) is 122 Å². The zero-order chi connectivity index (χ0) is 23.1. The number of hydrogen-bond donors (Lipinski definition) is 4. The molecule has 0 unspecified atom stereocenters. The van der Waals surface area contributed by atoms with Gasteiger partial charge < -0.3 is 20.8 Å². The third kappa shape index (κ3) is 5.50. The first kappa shape index (κ1) is 22.5. The molecule has 7 heteroatoms. The summed E-state index contributed by atoms with van der Waals surface area (Å²) in [6, 6.07) is 21.2. The zero-order valence-corrected chi connectivity index (χ0v) is 17.4. The molecule has 0 spiro atoms. The first-order valence-corrected chi connectivity index (χ1v) is 10.0. The normalized spacial score (nSPS) is 12.3. The maximum absolute atomic E-state index is 12.7. The number of phenolic OH excluding ortho intramolecular Hbond substituents is 1. The average molecular weight is 429 g/mol. The Balaban J connectivity index is 1.66. The third-order valence-electron chi connectivity index (χ3n) is 4.99. The largest absolute Gasteiger partial charge is 0.508 e. The van der Waals surface area contributed by atoms with E-state index in [0.717, 1.165) is 11.1 Å². The molecule has 0 bridgehead atoms. The van der Waals surface area contributed by atoms with E-state index in [1.807, 2.05) is 0 Å². The van der Waals surface area contributed by atoms with Crippen LogP contribution in [0.1, 0.15) is 28.4 Å². The van der Waals surface area contributed by atoms with Crippen LogP contribution in [0.3, 0.4) is 0 Å². The molecule has 0 fully saturated rings. The second-order valence-corrected chi connectivity index (χ2v) is 7.30. The number of benzene rings is 3. The summed E-state index contributed by atoms with van der Waals surface area (Å²) in [6.07, 6.45) is -1.12. The summed E-state index contributed by atoms with van der Waals surface area (Å²) in [5.74, 6) is -0.883. The molecule has 0 aliphatic carbocycles. The SMILES string of the molecule is C[C@@H](O)[C@H](NC(=O)c1ccc(-c2ccc(O)cc2)cc1)C(=O)NCc1ccccc1C#N. The molecule has 0 radical (unpaired) electrons. The number of nitriles is 1. The smallest absolute Gasteiger partial charge is 0.252 e. The molecule has 0 aromatic heterocycles. The van der Waals surface area contributed by atoms with E-state index in [4.69, 9.17) is 5.26 Å². The number of nitrogens with one attached hydrogen (secondary N) is 2.